The van der Waals surface area contributed by atoms with Crippen molar-refractivity contribution in [3.05, 3.63) is 112 Å². The number of furan rings is 1. The number of phenols is 1. The molecule has 0 fully saturated rings. The van der Waals surface area contributed by atoms with Crippen molar-refractivity contribution < 1.29 is 28.4 Å². The summed E-state index contributed by atoms with van der Waals surface area (Å²) >= 11 is 0. The van der Waals surface area contributed by atoms with Crippen LogP contribution in [0.2, 0.25) is 0 Å². The van der Waals surface area contributed by atoms with Gasteiger partial charge in [0, 0.05) is 28.9 Å². The van der Waals surface area contributed by atoms with Crippen LogP contribution in [0.1, 0.15) is 39.4 Å². The monoisotopic (exact) mass is 504 g/mol. The van der Waals surface area contributed by atoms with Crippen LogP contribution in [-0.4, -0.2) is 21.8 Å². The molecule has 1 heterocycles. The number of rotatable bonds is 7. The van der Waals surface area contributed by atoms with Gasteiger partial charge < -0.3 is 14.8 Å². The molecule has 0 aliphatic heterocycles. The molecule has 1 aromatic heterocycles. The fourth-order valence-electron chi connectivity index (χ4n) is 3.60. The number of nitrogens with one attached hydrogen (secondary N) is 3. The molecule has 3 aromatic carbocycles. The number of nitro benzene ring substituents is 1. The van der Waals surface area contributed by atoms with Crippen molar-refractivity contribution in [3.63, 3.8) is 0 Å². The van der Waals surface area contributed by atoms with E-state index in [9.17, 15) is 29.2 Å². The van der Waals surface area contributed by atoms with Gasteiger partial charge >= 0.3 is 11.6 Å². The zero-order valence-corrected chi connectivity index (χ0v) is 19.4. The van der Waals surface area contributed by atoms with Gasteiger partial charge in [-0.1, -0.05) is 24.3 Å². The molecule has 0 aliphatic rings. The lowest BCUT2D eigenvalue weighted by molar-refractivity contribution is -0.385. The van der Waals surface area contributed by atoms with Gasteiger partial charge in [0.25, 0.3) is 5.91 Å². The number of phenolic OH excluding ortho intramolecular Hbond substituents is 1. The molecule has 4 rings (SSSR count). The fraction of sp³-hybridized carbons (Fsp3) is 0.0769. The van der Waals surface area contributed by atoms with Crippen molar-refractivity contribution >= 4 is 23.2 Å². The minimum absolute atomic E-state index is 0.0535. The summed E-state index contributed by atoms with van der Waals surface area (Å²) in [7, 11) is 0. The Morgan fingerprint density at radius 1 is 0.973 bits per heavy atom. The number of nitrogens with zero attached hydrogens (tertiary/aromatic N) is 1. The summed E-state index contributed by atoms with van der Waals surface area (Å²) in [5.41, 5.74) is 6.51. The predicted octanol–water partition coefficient (Wildman–Crippen LogP) is 4.95. The molecule has 4 N–H and O–H groups in total. The second-order valence-corrected chi connectivity index (χ2v) is 8.03. The van der Waals surface area contributed by atoms with Crippen LogP contribution in [0.5, 0.6) is 5.75 Å². The lowest BCUT2D eigenvalue weighted by Crippen LogP contribution is -2.41. The summed E-state index contributed by atoms with van der Waals surface area (Å²) in [6.07, 6.45) is 1.34. The van der Waals surface area contributed by atoms with Crippen LogP contribution in [-0.2, 0) is 0 Å². The maximum absolute atomic E-state index is 13.1. The van der Waals surface area contributed by atoms with Crippen molar-refractivity contribution in [2.75, 3.05) is 5.32 Å². The van der Waals surface area contributed by atoms with E-state index in [0.717, 1.165) is 23.4 Å². The van der Waals surface area contributed by atoms with Gasteiger partial charge in [-0.15, -0.1) is 0 Å². The summed E-state index contributed by atoms with van der Waals surface area (Å²) in [6.45, 7) is 1.96. The molecule has 1 atom stereocenters. The largest absolute Gasteiger partial charge is 0.502 e. The molecular weight excluding hydrogens is 483 g/mol. The molecule has 4 aromatic rings. The van der Waals surface area contributed by atoms with Crippen molar-refractivity contribution in [2.45, 2.75) is 13.0 Å². The summed E-state index contributed by atoms with van der Waals surface area (Å²) in [6, 6.07) is 18.1. The third kappa shape index (κ3) is 5.73. The Balaban J connectivity index is 1.41. The van der Waals surface area contributed by atoms with Crippen LogP contribution in [0.15, 0.2) is 83.5 Å². The van der Waals surface area contributed by atoms with Gasteiger partial charge in [0.2, 0.25) is 5.76 Å². The van der Waals surface area contributed by atoms with Gasteiger partial charge in [0.1, 0.15) is 5.82 Å². The van der Waals surface area contributed by atoms with Gasteiger partial charge in [-0.25, -0.2) is 4.39 Å². The Hall–Kier alpha value is -5.19. The number of hydrazine groups is 1. The Labute approximate surface area is 209 Å². The van der Waals surface area contributed by atoms with Crippen molar-refractivity contribution in [1.29, 1.82) is 0 Å². The topological polar surface area (TPSA) is 147 Å². The van der Waals surface area contributed by atoms with Crippen LogP contribution in [0.25, 0.3) is 11.1 Å². The zero-order valence-electron chi connectivity index (χ0n) is 19.4. The normalized spacial score (nSPS) is 11.4. The summed E-state index contributed by atoms with van der Waals surface area (Å²) in [4.78, 5) is 35.1. The lowest BCUT2D eigenvalue weighted by atomic mass is 10.0. The number of carbonyl (C=O) groups is 2. The predicted molar refractivity (Wildman–Crippen MR) is 132 cm³/mol. The minimum Gasteiger partial charge on any atom is -0.502 e. The smallest absolute Gasteiger partial charge is 0.311 e. The number of nitro groups is 1. The second kappa shape index (κ2) is 10.6. The van der Waals surface area contributed by atoms with E-state index >= 15 is 0 Å². The highest BCUT2D eigenvalue weighted by atomic mass is 19.1. The highest BCUT2D eigenvalue weighted by molar-refractivity contribution is 6.01. The van der Waals surface area contributed by atoms with E-state index in [1.165, 1.54) is 24.5 Å². The summed E-state index contributed by atoms with van der Waals surface area (Å²) < 4.78 is 18.4. The molecule has 0 aliphatic carbocycles. The Bertz CT molecular complexity index is 1450. The number of hydrogen-bond acceptors (Lipinski definition) is 7. The number of amides is 2. The quantitative estimate of drug-likeness (QED) is 0.206. The number of aromatic hydroxyl groups is 1. The molecule has 0 spiro atoms. The SMILES string of the molecule is CC(Nc1ccc(F)cc1)c1ccc(-c2ccoc2C(=O)NNC(=O)c2ccc(O)c([N+](=O)[O-])c2)cc1. The van der Waals surface area contributed by atoms with E-state index in [0.29, 0.717) is 11.1 Å². The molecule has 37 heavy (non-hydrogen) atoms. The van der Waals surface area contributed by atoms with Crippen molar-refractivity contribution in [1.82, 2.24) is 10.9 Å². The zero-order chi connectivity index (χ0) is 26.5. The van der Waals surface area contributed by atoms with E-state index in [1.807, 2.05) is 31.2 Å². The van der Waals surface area contributed by atoms with Gasteiger partial charge in [0.05, 0.1) is 11.2 Å². The van der Waals surface area contributed by atoms with E-state index in [-0.39, 0.29) is 23.2 Å². The number of carbonyl (C=O) groups excluding carboxylic acids is 2. The third-order valence-electron chi connectivity index (χ3n) is 5.54. The van der Waals surface area contributed by atoms with Crippen molar-refractivity contribution in [3.8, 4) is 16.9 Å². The first kappa shape index (κ1) is 24.9. The Kier molecular flexibility index (Phi) is 7.14. The van der Waals surface area contributed by atoms with Crippen LogP contribution in [0.3, 0.4) is 0 Å². The van der Waals surface area contributed by atoms with E-state index in [4.69, 9.17) is 4.42 Å². The molecule has 2 amide bonds. The molecule has 0 saturated heterocycles. The molecule has 188 valence electrons. The number of hydrogen-bond donors (Lipinski definition) is 4. The first-order valence-electron chi connectivity index (χ1n) is 11.0. The average Bonchev–Trinajstić information content (AvgIpc) is 3.39. The van der Waals surface area contributed by atoms with Gasteiger partial charge in [-0.3, -0.25) is 30.6 Å². The third-order valence-corrected chi connectivity index (χ3v) is 5.54. The van der Waals surface area contributed by atoms with Gasteiger partial charge in [-0.2, -0.15) is 0 Å². The lowest BCUT2D eigenvalue weighted by Gasteiger charge is -2.16. The fourth-order valence-corrected chi connectivity index (χ4v) is 3.60. The molecule has 10 nitrogen and oxygen atoms in total. The van der Waals surface area contributed by atoms with Crippen molar-refractivity contribution in [2.24, 2.45) is 0 Å². The second-order valence-electron chi connectivity index (χ2n) is 8.03. The molecule has 0 saturated carbocycles. The average molecular weight is 504 g/mol. The van der Waals surface area contributed by atoms with Crippen LogP contribution >= 0.6 is 0 Å². The maximum atomic E-state index is 13.1. The standard InChI is InChI=1S/C26H21FN4O6/c1-15(28-20-9-7-19(27)8-10-20)16-2-4-17(5-3-16)21-12-13-37-24(21)26(34)30-29-25(33)18-6-11-23(32)22(14-18)31(35)36/h2-15,28,32H,1H3,(H,29,33)(H,30,34). The van der Waals surface area contributed by atoms with Crippen LogP contribution in [0, 0.1) is 15.9 Å². The van der Waals surface area contributed by atoms with Gasteiger partial charge in [0.15, 0.2) is 5.75 Å². The summed E-state index contributed by atoms with van der Waals surface area (Å²) in [5, 5.41) is 23.8. The molecule has 11 heteroatoms. The Morgan fingerprint density at radius 3 is 2.32 bits per heavy atom. The van der Waals surface area contributed by atoms with E-state index < -0.39 is 28.2 Å². The highest BCUT2D eigenvalue weighted by Crippen LogP contribution is 2.28. The first-order chi connectivity index (χ1) is 17.7. The molecule has 1 unspecified atom stereocenters. The highest BCUT2D eigenvalue weighted by Gasteiger charge is 2.20. The van der Waals surface area contributed by atoms with Crippen LogP contribution < -0.4 is 16.2 Å². The minimum atomic E-state index is -0.829. The van der Waals surface area contributed by atoms with Crippen LogP contribution in [0.4, 0.5) is 15.8 Å². The molecule has 0 radical (unpaired) electrons. The first-order valence-corrected chi connectivity index (χ1v) is 11.0. The number of halogens is 1. The molecule has 0 bridgehead atoms. The molecular formula is C26H21FN4O6. The van der Waals surface area contributed by atoms with E-state index in [1.54, 1.807) is 18.2 Å². The van der Waals surface area contributed by atoms with Gasteiger partial charge in [-0.05, 0) is 60.5 Å². The maximum Gasteiger partial charge on any atom is 0.311 e. The summed E-state index contributed by atoms with van der Waals surface area (Å²) in [5.74, 6) is -2.51. The Morgan fingerprint density at radius 2 is 1.65 bits per heavy atom. The van der Waals surface area contributed by atoms with E-state index in [2.05, 4.69) is 16.2 Å². The number of anilines is 1. The number of benzene rings is 3.